The largest absolute Gasteiger partial charge is 0.411 e. The molecule has 0 aromatic rings. The highest BCUT2D eigenvalue weighted by atomic mass is 16.4. The molecule has 3 heteroatoms. The molecule has 0 radical (unpaired) electrons. The molecule has 1 saturated carbocycles. The second kappa shape index (κ2) is 3.22. The van der Waals surface area contributed by atoms with E-state index in [9.17, 15) is 5.21 Å². The van der Waals surface area contributed by atoms with Gasteiger partial charge in [-0.05, 0) is 36.6 Å². The molecule has 0 bridgehead atoms. The van der Waals surface area contributed by atoms with Crippen LogP contribution in [0, 0.1) is 10.8 Å². The van der Waals surface area contributed by atoms with Crippen molar-refractivity contribution in [1.29, 1.82) is 0 Å². The fraction of sp³-hybridized carbons (Fsp3) is 0.923. The third-order valence-electron chi connectivity index (χ3n) is 5.61. The van der Waals surface area contributed by atoms with Gasteiger partial charge in [-0.2, -0.15) is 0 Å². The Bertz CT molecular complexity index is 337. The number of hydrogen-bond acceptors (Lipinski definition) is 3. The summed E-state index contributed by atoms with van der Waals surface area (Å²) in [5, 5.41) is 12.8. The maximum atomic E-state index is 9.19. The summed E-state index contributed by atoms with van der Waals surface area (Å²) in [5.41, 5.74) is 1.85. The molecule has 1 spiro atoms. The van der Waals surface area contributed by atoms with Gasteiger partial charge in [0.25, 0.3) is 0 Å². The molecule has 0 aromatic heterocycles. The van der Waals surface area contributed by atoms with E-state index < -0.39 is 0 Å². The lowest BCUT2D eigenvalue weighted by Crippen LogP contribution is -2.46. The average molecular weight is 222 g/mol. The standard InChI is InChI=1S/C13H22N2O/c1-12(2)5-3-6-13(12)7-9-15-8-4-10(14-16)11(13)15/h11,16H,3-9H2,1-2H3/t11-,13+/m0/s1. The summed E-state index contributed by atoms with van der Waals surface area (Å²) in [5.74, 6) is 0. The molecule has 3 fully saturated rings. The second-order valence-electron chi connectivity index (χ2n) is 6.42. The van der Waals surface area contributed by atoms with Crippen LogP contribution in [0.5, 0.6) is 0 Å². The molecule has 0 unspecified atom stereocenters. The Morgan fingerprint density at radius 1 is 1.25 bits per heavy atom. The number of hydrogen-bond donors (Lipinski definition) is 1. The zero-order valence-corrected chi connectivity index (χ0v) is 10.4. The summed E-state index contributed by atoms with van der Waals surface area (Å²) in [4.78, 5) is 2.54. The van der Waals surface area contributed by atoms with Crippen LogP contribution in [0.25, 0.3) is 0 Å². The van der Waals surface area contributed by atoms with Crippen molar-refractivity contribution in [2.75, 3.05) is 13.1 Å². The van der Waals surface area contributed by atoms with Crippen molar-refractivity contribution in [3.05, 3.63) is 0 Å². The summed E-state index contributed by atoms with van der Waals surface area (Å²) in [6.45, 7) is 7.13. The molecule has 0 amide bonds. The Morgan fingerprint density at radius 2 is 2.06 bits per heavy atom. The van der Waals surface area contributed by atoms with Gasteiger partial charge in [0, 0.05) is 13.0 Å². The smallest absolute Gasteiger partial charge is 0.0760 e. The summed E-state index contributed by atoms with van der Waals surface area (Å²) in [6.07, 6.45) is 6.26. The predicted molar refractivity (Wildman–Crippen MR) is 63.9 cm³/mol. The summed E-state index contributed by atoms with van der Waals surface area (Å²) in [7, 11) is 0. The van der Waals surface area contributed by atoms with E-state index in [1.807, 2.05) is 0 Å². The van der Waals surface area contributed by atoms with E-state index in [0.717, 1.165) is 18.7 Å². The number of rotatable bonds is 0. The van der Waals surface area contributed by atoms with Crippen LogP contribution in [-0.2, 0) is 0 Å². The first-order valence-corrected chi connectivity index (χ1v) is 6.56. The Kier molecular flexibility index (Phi) is 2.13. The monoisotopic (exact) mass is 222 g/mol. The van der Waals surface area contributed by atoms with Crippen molar-refractivity contribution in [2.24, 2.45) is 16.0 Å². The van der Waals surface area contributed by atoms with Crippen LogP contribution in [0.3, 0.4) is 0 Å². The highest BCUT2D eigenvalue weighted by Crippen LogP contribution is 2.61. The zero-order valence-electron chi connectivity index (χ0n) is 10.4. The fourth-order valence-electron chi connectivity index (χ4n) is 4.63. The average Bonchev–Trinajstić information content (AvgIpc) is 2.85. The van der Waals surface area contributed by atoms with E-state index in [2.05, 4.69) is 23.9 Å². The van der Waals surface area contributed by atoms with Crippen molar-refractivity contribution >= 4 is 5.71 Å². The molecule has 16 heavy (non-hydrogen) atoms. The molecule has 90 valence electrons. The van der Waals surface area contributed by atoms with Crippen molar-refractivity contribution in [3.63, 3.8) is 0 Å². The van der Waals surface area contributed by atoms with Crippen LogP contribution in [0.4, 0.5) is 0 Å². The van der Waals surface area contributed by atoms with Crippen LogP contribution < -0.4 is 0 Å². The summed E-state index contributed by atoms with van der Waals surface area (Å²) in [6, 6.07) is 0.440. The number of oxime groups is 1. The van der Waals surface area contributed by atoms with Gasteiger partial charge < -0.3 is 5.21 Å². The molecule has 0 aromatic carbocycles. The van der Waals surface area contributed by atoms with Crippen molar-refractivity contribution in [1.82, 2.24) is 4.90 Å². The van der Waals surface area contributed by atoms with E-state index >= 15 is 0 Å². The molecule has 2 aliphatic heterocycles. The minimum Gasteiger partial charge on any atom is -0.411 e. The molecule has 2 atom stereocenters. The van der Waals surface area contributed by atoms with Gasteiger partial charge in [0.15, 0.2) is 0 Å². The topological polar surface area (TPSA) is 35.8 Å². The maximum Gasteiger partial charge on any atom is 0.0760 e. The Morgan fingerprint density at radius 3 is 2.69 bits per heavy atom. The normalized spacial score (nSPS) is 44.6. The molecule has 2 saturated heterocycles. The fourth-order valence-corrected chi connectivity index (χ4v) is 4.63. The minimum atomic E-state index is 0.394. The third-order valence-corrected chi connectivity index (χ3v) is 5.61. The van der Waals surface area contributed by atoms with Crippen LogP contribution in [0.15, 0.2) is 5.16 Å². The van der Waals surface area contributed by atoms with Gasteiger partial charge in [-0.25, -0.2) is 0 Å². The van der Waals surface area contributed by atoms with E-state index in [0.29, 0.717) is 16.9 Å². The molecule has 1 aliphatic carbocycles. The second-order valence-corrected chi connectivity index (χ2v) is 6.42. The minimum absolute atomic E-state index is 0.394. The number of nitrogens with zero attached hydrogens (tertiary/aromatic N) is 2. The van der Waals surface area contributed by atoms with Crippen molar-refractivity contribution < 1.29 is 5.21 Å². The van der Waals surface area contributed by atoms with Gasteiger partial charge >= 0.3 is 0 Å². The summed E-state index contributed by atoms with van der Waals surface area (Å²) < 4.78 is 0. The van der Waals surface area contributed by atoms with E-state index in [-0.39, 0.29) is 0 Å². The van der Waals surface area contributed by atoms with Gasteiger partial charge in [0.1, 0.15) is 0 Å². The molecule has 3 aliphatic rings. The van der Waals surface area contributed by atoms with Crippen LogP contribution in [-0.4, -0.2) is 35.0 Å². The van der Waals surface area contributed by atoms with Gasteiger partial charge in [-0.3, -0.25) is 4.90 Å². The first-order chi connectivity index (χ1) is 7.61. The van der Waals surface area contributed by atoms with E-state index in [4.69, 9.17) is 0 Å². The van der Waals surface area contributed by atoms with Crippen LogP contribution >= 0.6 is 0 Å². The summed E-state index contributed by atoms with van der Waals surface area (Å²) >= 11 is 0. The van der Waals surface area contributed by atoms with Gasteiger partial charge in [0.2, 0.25) is 0 Å². The highest BCUT2D eigenvalue weighted by molar-refractivity contribution is 5.92. The molecule has 1 N–H and O–H groups in total. The van der Waals surface area contributed by atoms with Crippen LogP contribution in [0.2, 0.25) is 0 Å². The SMILES string of the molecule is CC1(C)CCC[C@]12CCN1CCC(=NO)[C@H]12. The van der Waals surface area contributed by atoms with Crippen molar-refractivity contribution in [2.45, 2.75) is 52.0 Å². The third kappa shape index (κ3) is 1.10. The molecule has 2 heterocycles. The van der Waals surface area contributed by atoms with E-state index in [1.165, 1.54) is 32.2 Å². The quantitative estimate of drug-likeness (QED) is 0.505. The molecular formula is C13H22N2O. The first kappa shape index (κ1) is 10.6. The van der Waals surface area contributed by atoms with Crippen LogP contribution in [0.1, 0.15) is 46.0 Å². The lowest BCUT2D eigenvalue weighted by Gasteiger charge is -2.43. The molecular weight excluding hydrogens is 200 g/mol. The Hall–Kier alpha value is -0.570. The lowest BCUT2D eigenvalue weighted by molar-refractivity contribution is 0.0944. The van der Waals surface area contributed by atoms with Gasteiger partial charge in [-0.15, -0.1) is 0 Å². The predicted octanol–water partition coefficient (Wildman–Crippen LogP) is 2.49. The van der Waals surface area contributed by atoms with Crippen molar-refractivity contribution in [3.8, 4) is 0 Å². The zero-order chi connectivity index (χ0) is 11.4. The van der Waals surface area contributed by atoms with Gasteiger partial charge in [0.05, 0.1) is 11.8 Å². The maximum absolute atomic E-state index is 9.19. The Balaban J connectivity index is 2.02. The number of fused-ring (bicyclic) bond motifs is 2. The first-order valence-electron chi connectivity index (χ1n) is 6.56. The van der Waals surface area contributed by atoms with E-state index in [1.54, 1.807) is 0 Å². The highest BCUT2D eigenvalue weighted by Gasteiger charge is 2.60. The molecule has 3 rings (SSSR count). The Labute approximate surface area is 97.5 Å². The molecule has 3 nitrogen and oxygen atoms in total. The lowest BCUT2D eigenvalue weighted by atomic mass is 9.62. The van der Waals surface area contributed by atoms with Gasteiger partial charge in [-0.1, -0.05) is 25.4 Å².